The maximum absolute atomic E-state index is 11.7. The molecule has 0 bridgehead atoms. The highest BCUT2D eigenvalue weighted by Gasteiger charge is 2.25. The lowest BCUT2D eigenvalue weighted by molar-refractivity contribution is -0.120. The average molecular weight is 247 g/mol. The molecule has 0 spiro atoms. The lowest BCUT2D eigenvalue weighted by atomic mass is 10.1. The van der Waals surface area contributed by atoms with Crippen molar-refractivity contribution in [2.24, 2.45) is 0 Å². The number of hydrogen-bond donors (Lipinski definition) is 2. The fourth-order valence-electron chi connectivity index (χ4n) is 2.00. The predicted octanol–water partition coefficient (Wildman–Crippen LogP) is 1.02. The number of anilines is 1. The number of likely N-dealkylation sites (N-methyl/N-ethyl adjacent to an activating group) is 1. The number of carbonyl (C=O) groups is 1. The highest BCUT2D eigenvalue weighted by atomic mass is 16.1. The first-order chi connectivity index (χ1) is 8.66. The molecule has 0 radical (unpaired) electrons. The van der Waals surface area contributed by atoms with Gasteiger partial charge in [-0.1, -0.05) is 18.2 Å². The van der Waals surface area contributed by atoms with Crippen LogP contribution in [0.5, 0.6) is 0 Å². The second kappa shape index (κ2) is 5.87. The minimum atomic E-state index is 0.0390. The smallest absolute Gasteiger partial charge is 0.224 e. The highest BCUT2D eigenvalue weighted by molar-refractivity contribution is 5.80. The van der Waals surface area contributed by atoms with Gasteiger partial charge in [0.25, 0.3) is 0 Å². The number of nitrogens with one attached hydrogen (secondary N) is 1. The van der Waals surface area contributed by atoms with E-state index in [0.717, 1.165) is 18.2 Å². The van der Waals surface area contributed by atoms with Gasteiger partial charge in [0.15, 0.2) is 0 Å². The number of amides is 1. The van der Waals surface area contributed by atoms with Crippen molar-refractivity contribution in [3.05, 3.63) is 29.8 Å². The van der Waals surface area contributed by atoms with E-state index < -0.39 is 0 Å². The Morgan fingerprint density at radius 3 is 2.83 bits per heavy atom. The van der Waals surface area contributed by atoms with Crippen LogP contribution < -0.4 is 11.1 Å². The zero-order valence-electron chi connectivity index (χ0n) is 10.9. The number of rotatable bonds is 6. The second-order valence-electron chi connectivity index (χ2n) is 4.94. The van der Waals surface area contributed by atoms with Crippen LogP contribution in [0.15, 0.2) is 24.3 Å². The maximum Gasteiger partial charge on any atom is 0.224 e. The first kappa shape index (κ1) is 12.9. The van der Waals surface area contributed by atoms with Gasteiger partial charge in [-0.25, -0.2) is 0 Å². The molecule has 1 aliphatic rings. The third-order valence-electron chi connectivity index (χ3n) is 3.36. The van der Waals surface area contributed by atoms with Crippen LogP contribution in [0.1, 0.15) is 18.4 Å². The highest BCUT2D eigenvalue weighted by Crippen LogP contribution is 2.24. The molecule has 1 fully saturated rings. The first-order valence-electron chi connectivity index (χ1n) is 6.47. The van der Waals surface area contributed by atoms with Gasteiger partial charge in [-0.05, 0) is 31.5 Å². The van der Waals surface area contributed by atoms with E-state index in [1.54, 1.807) is 0 Å². The van der Waals surface area contributed by atoms with Gasteiger partial charge in [-0.15, -0.1) is 0 Å². The van der Waals surface area contributed by atoms with Crippen molar-refractivity contribution < 1.29 is 4.79 Å². The Morgan fingerprint density at radius 2 is 2.17 bits per heavy atom. The summed E-state index contributed by atoms with van der Waals surface area (Å²) in [5.74, 6) is 0.0390. The Kier molecular flexibility index (Phi) is 4.20. The molecule has 4 nitrogen and oxygen atoms in total. The summed E-state index contributed by atoms with van der Waals surface area (Å²) in [5.41, 5.74) is 7.38. The van der Waals surface area contributed by atoms with E-state index in [0.29, 0.717) is 18.7 Å². The van der Waals surface area contributed by atoms with E-state index in [1.807, 2.05) is 24.3 Å². The number of benzene rings is 1. The third-order valence-corrected chi connectivity index (χ3v) is 3.36. The molecule has 1 aliphatic carbocycles. The van der Waals surface area contributed by atoms with E-state index in [2.05, 4.69) is 17.3 Å². The molecule has 1 amide bonds. The van der Waals surface area contributed by atoms with Crippen LogP contribution >= 0.6 is 0 Å². The van der Waals surface area contributed by atoms with Gasteiger partial charge < -0.3 is 16.0 Å². The van der Waals surface area contributed by atoms with Crippen LogP contribution in [0.25, 0.3) is 0 Å². The van der Waals surface area contributed by atoms with Crippen molar-refractivity contribution in [1.82, 2.24) is 10.2 Å². The van der Waals surface area contributed by atoms with Crippen molar-refractivity contribution in [2.45, 2.75) is 25.3 Å². The minimum Gasteiger partial charge on any atom is -0.398 e. The summed E-state index contributed by atoms with van der Waals surface area (Å²) in [5, 5.41) is 2.94. The largest absolute Gasteiger partial charge is 0.398 e. The Labute approximate surface area is 108 Å². The number of nitrogens with zero attached hydrogens (tertiary/aromatic N) is 1. The molecular formula is C14H21N3O. The Bertz CT molecular complexity index is 415. The van der Waals surface area contributed by atoms with E-state index in [4.69, 9.17) is 5.73 Å². The van der Waals surface area contributed by atoms with Crippen LogP contribution in [0.3, 0.4) is 0 Å². The van der Waals surface area contributed by atoms with Crippen LogP contribution in [-0.2, 0) is 11.2 Å². The number of nitrogen functional groups attached to an aromatic ring is 1. The second-order valence-corrected chi connectivity index (χ2v) is 4.94. The summed E-state index contributed by atoms with van der Waals surface area (Å²) < 4.78 is 0. The molecule has 0 heterocycles. The molecule has 0 atom stereocenters. The van der Waals surface area contributed by atoms with E-state index in [-0.39, 0.29) is 5.91 Å². The number of carbonyl (C=O) groups excluding carboxylic acids is 1. The first-order valence-corrected chi connectivity index (χ1v) is 6.47. The maximum atomic E-state index is 11.7. The van der Waals surface area contributed by atoms with Crippen LogP contribution in [0, 0.1) is 0 Å². The standard InChI is InChI=1S/C14H21N3O/c1-17(12-6-7-12)9-8-16-14(18)10-11-4-2-3-5-13(11)15/h2-5,12H,6-10,15H2,1H3,(H,16,18). The topological polar surface area (TPSA) is 58.4 Å². The zero-order valence-corrected chi connectivity index (χ0v) is 10.9. The van der Waals surface area contributed by atoms with Crippen molar-refractivity contribution in [3.8, 4) is 0 Å². The Hall–Kier alpha value is -1.55. The van der Waals surface area contributed by atoms with Crippen molar-refractivity contribution in [2.75, 3.05) is 25.9 Å². The molecule has 1 saturated carbocycles. The number of para-hydroxylation sites is 1. The van der Waals surface area contributed by atoms with E-state index >= 15 is 0 Å². The third kappa shape index (κ3) is 3.74. The number of nitrogens with two attached hydrogens (primary N) is 1. The van der Waals surface area contributed by atoms with Crippen LogP contribution in [0.4, 0.5) is 5.69 Å². The SMILES string of the molecule is CN(CCNC(=O)Cc1ccccc1N)C1CC1. The van der Waals surface area contributed by atoms with Gasteiger partial charge in [0, 0.05) is 24.8 Å². The van der Waals surface area contributed by atoms with Gasteiger partial charge >= 0.3 is 0 Å². The lowest BCUT2D eigenvalue weighted by Gasteiger charge is -2.15. The molecule has 1 aromatic rings. The van der Waals surface area contributed by atoms with E-state index in [1.165, 1.54) is 12.8 Å². The molecule has 2 rings (SSSR count). The summed E-state index contributed by atoms with van der Waals surface area (Å²) in [6.07, 6.45) is 2.95. The molecule has 0 aliphatic heterocycles. The molecule has 18 heavy (non-hydrogen) atoms. The Morgan fingerprint density at radius 1 is 1.44 bits per heavy atom. The van der Waals surface area contributed by atoms with Crippen molar-refractivity contribution in [1.29, 1.82) is 0 Å². The molecule has 98 valence electrons. The summed E-state index contributed by atoms with van der Waals surface area (Å²) in [4.78, 5) is 14.0. The molecule has 0 saturated heterocycles. The van der Waals surface area contributed by atoms with Gasteiger partial charge in [-0.2, -0.15) is 0 Å². The molecule has 4 heteroatoms. The molecule has 1 aromatic carbocycles. The quantitative estimate of drug-likeness (QED) is 0.738. The van der Waals surface area contributed by atoms with Gasteiger partial charge in [-0.3, -0.25) is 4.79 Å². The molecule has 3 N–H and O–H groups in total. The van der Waals surface area contributed by atoms with Gasteiger partial charge in [0.05, 0.1) is 6.42 Å². The molecule has 0 aromatic heterocycles. The minimum absolute atomic E-state index is 0.0390. The normalized spacial score (nSPS) is 14.8. The lowest BCUT2D eigenvalue weighted by Crippen LogP contribution is -2.34. The monoisotopic (exact) mass is 247 g/mol. The fraction of sp³-hybridized carbons (Fsp3) is 0.500. The molecule has 0 unspecified atom stereocenters. The summed E-state index contributed by atoms with van der Waals surface area (Å²) >= 11 is 0. The van der Waals surface area contributed by atoms with E-state index in [9.17, 15) is 4.79 Å². The van der Waals surface area contributed by atoms with Crippen molar-refractivity contribution in [3.63, 3.8) is 0 Å². The summed E-state index contributed by atoms with van der Waals surface area (Å²) in [7, 11) is 2.11. The molecular weight excluding hydrogens is 226 g/mol. The van der Waals surface area contributed by atoms with Crippen LogP contribution in [0.2, 0.25) is 0 Å². The van der Waals surface area contributed by atoms with Gasteiger partial charge in [0.1, 0.15) is 0 Å². The Balaban J connectivity index is 1.70. The van der Waals surface area contributed by atoms with Gasteiger partial charge in [0.2, 0.25) is 5.91 Å². The fourth-order valence-corrected chi connectivity index (χ4v) is 2.00. The summed E-state index contributed by atoms with van der Waals surface area (Å²) in [6.45, 7) is 1.62. The summed E-state index contributed by atoms with van der Waals surface area (Å²) in [6, 6.07) is 8.24. The average Bonchev–Trinajstić information content (AvgIpc) is 3.16. The van der Waals surface area contributed by atoms with Crippen molar-refractivity contribution >= 4 is 11.6 Å². The predicted molar refractivity (Wildman–Crippen MR) is 73.2 cm³/mol. The zero-order chi connectivity index (χ0) is 13.0. The number of hydrogen-bond acceptors (Lipinski definition) is 3. The van der Waals surface area contributed by atoms with Crippen LogP contribution in [-0.4, -0.2) is 37.0 Å².